The largest absolute Gasteiger partial charge is 0.376 e. The molecule has 0 spiro atoms. The van der Waals surface area contributed by atoms with Gasteiger partial charge in [0.25, 0.3) is 0 Å². The van der Waals surface area contributed by atoms with Crippen LogP contribution in [0.3, 0.4) is 0 Å². The molecule has 7 nitrogen and oxygen atoms in total. The lowest BCUT2D eigenvalue weighted by Gasteiger charge is -2.24. The lowest BCUT2D eigenvalue weighted by molar-refractivity contribution is -0.123. The van der Waals surface area contributed by atoms with Crippen LogP contribution in [0.1, 0.15) is 29.2 Å². The average molecular weight is 614 g/mol. The molecule has 2 amide bonds. The highest BCUT2D eigenvalue weighted by Gasteiger charge is 2.38. The molecule has 0 radical (unpaired) electrons. The molecule has 0 aliphatic carbocycles. The van der Waals surface area contributed by atoms with Crippen molar-refractivity contribution in [2.75, 3.05) is 30.3 Å². The first-order chi connectivity index (χ1) is 19.5. The van der Waals surface area contributed by atoms with E-state index in [1.807, 2.05) is 60.0 Å². The number of halogens is 2. The zero-order chi connectivity index (χ0) is 27.6. The number of para-hydroxylation sites is 1. The van der Waals surface area contributed by atoms with E-state index in [2.05, 4.69) is 5.32 Å². The number of benzene rings is 2. The van der Waals surface area contributed by atoms with Crippen LogP contribution in [0.15, 0.2) is 66.0 Å². The number of aromatic nitrogens is 2. The van der Waals surface area contributed by atoms with Gasteiger partial charge in [0.2, 0.25) is 11.8 Å². The molecule has 2 aliphatic rings. The predicted molar refractivity (Wildman–Crippen MR) is 162 cm³/mol. The molecule has 6 rings (SSSR count). The van der Waals surface area contributed by atoms with E-state index in [1.165, 1.54) is 11.8 Å². The normalized spacial score (nSPS) is 18.9. The van der Waals surface area contributed by atoms with Crippen molar-refractivity contribution in [2.45, 2.75) is 24.2 Å². The monoisotopic (exact) mass is 612 g/mol. The van der Waals surface area contributed by atoms with Gasteiger partial charge in [-0.05, 0) is 54.1 Å². The molecule has 0 bridgehead atoms. The van der Waals surface area contributed by atoms with Crippen LogP contribution in [0, 0.1) is 0 Å². The Bertz CT molecular complexity index is 1540. The third-order valence-corrected chi connectivity index (χ3v) is 9.61. The Morgan fingerprint density at radius 1 is 1.12 bits per heavy atom. The first-order valence-corrected chi connectivity index (χ1v) is 15.7. The van der Waals surface area contributed by atoms with Gasteiger partial charge < -0.3 is 10.1 Å². The summed E-state index contributed by atoms with van der Waals surface area (Å²) >= 11 is 16.2. The van der Waals surface area contributed by atoms with Crippen LogP contribution in [0.25, 0.3) is 16.3 Å². The van der Waals surface area contributed by atoms with E-state index in [9.17, 15) is 9.59 Å². The summed E-state index contributed by atoms with van der Waals surface area (Å²) in [5, 5.41) is 10.8. The fourth-order valence-corrected chi connectivity index (χ4v) is 7.40. The molecule has 2 aromatic carbocycles. The number of carbonyl (C=O) groups is 2. The molecule has 4 heterocycles. The highest BCUT2D eigenvalue weighted by molar-refractivity contribution is 8.00. The maximum absolute atomic E-state index is 13.8. The predicted octanol–water partition coefficient (Wildman–Crippen LogP) is 6.37. The van der Waals surface area contributed by atoms with Gasteiger partial charge in [-0.25, -0.2) is 4.68 Å². The Labute approximate surface area is 250 Å². The summed E-state index contributed by atoms with van der Waals surface area (Å²) in [6.45, 7) is 0.971. The van der Waals surface area contributed by atoms with E-state index in [1.54, 1.807) is 27.0 Å². The topological polar surface area (TPSA) is 76.5 Å². The molecule has 4 aromatic rings. The molecule has 11 heteroatoms. The van der Waals surface area contributed by atoms with Gasteiger partial charge >= 0.3 is 0 Å². The van der Waals surface area contributed by atoms with E-state index in [4.69, 9.17) is 33.0 Å². The number of rotatable bonds is 7. The maximum Gasteiger partial charge on any atom is 0.240 e. The van der Waals surface area contributed by atoms with E-state index in [0.29, 0.717) is 34.7 Å². The second-order valence-corrected chi connectivity index (χ2v) is 12.5. The van der Waals surface area contributed by atoms with Crippen LogP contribution >= 0.6 is 46.3 Å². The first-order valence-electron chi connectivity index (χ1n) is 13.0. The van der Waals surface area contributed by atoms with Crippen LogP contribution in [0.2, 0.25) is 10.0 Å². The van der Waals surface area contributed by atoms with Crippen LogP contribution in [-0.2, 0) is 14.3 Å². The Morgan fingerprint density at radius 3 is 2.75 bits per heavy atom. The Kier molecular flexibility index (Phi) is 8.18. The zero-order valence-corrected chi connectivity index (χ0v) is 24.5. The van der Waals surface area contributed by atoms with Crippen LogP contribution in [-0.4, -0.2) is 53.1 Å². The van der Waals surface area contributed by atoms with Gasteiger partial charge in [0.1, 0.15) is 18.1 Å². The number of nitrogens with zero attached hydrogens (tertiary/aromatic N) is 3. The fourth-order valence-electron chi connectivity index (χ4n) is 5.07. The van der Waals surface area contributed by atoms with E-state index >= 15 is 0 Å². The van der Waals surface area contributed by atoms with Crippen LogP contribution in [0.4, 0.5) is 5.82 Å². The highest BCUT2D eigenvalue weighted by Crippen LogP contribution is 2.49. The van der Waals surface area contributed by atoms with E-state index in [-0.39, 0.29) is 35.5 Å². The number of thioether (sulfide) groups is 1. The van der Waals surface area contributed by atoms with Gasteiger partial charge in [-0.2, -0.15) is 5.10 Å². The lowest BCUT2D eigenvalue weighted by atomic mass is 10.0. The zero-order valence-electron chi connectivity index (χ0n) is 21.4. The number of hydrogen-bond donors (Lipinski definition) is 1. The smallest absolute Gasteiger partial charge is 0.240 e. The number of ether oxygens (including phenoxy) is 1. The summed E-state index contributed by atoms with van der Waals surface area (Å²) in [5.41, 5.74) is 3.15. The second-order valence-electron chi connectivity index (χ2n) is 9.59. The molecule has 1 fully saturated rings. The SMILES string of the molecule is O=C(CN1C(=O)CS[C@H](c2cccc(Cl)c2)c2c(-c3cccs3)nn(-c3ccccc3Cl)c21)NC[C@H]1CCCO1. The van der Waals surface area contributed by atoms with Crippen molar-refractivity contribution in [3.63, 3.8) is 0 Å². The molecule has 2 aromatic heterocycles. The van der Waals surface area contributed by atoms with Crippen molar-refractivity contribution in [3.05, 3.63) is 87.2 Å². The number of thiophene rings is 1. The quantitative estimate of drug-likeness (QED) is 0.262. The Morgan fingerprint density at radius 2 is 2.00 bits per heavy atom. The van der Waals surface area contributed by atoms with Crippen molar-refractivity contribution >= 4 is 63.9 Å². The molecule has 2 aliphatic heterocycles. The number of nitrogens with one attached hydrogen (secondary N) is 1. The minimum Gasteiger partial charge on any atom is -0.376 e. The standard InChI is InChI=1S/C29H26Cl2N4O3S2/c30-19-7-3-6-18(14-19)28-26-27(23-11-5-13-39-23)33-35(22-10-2-1-9-21(22)31)29(26)34(25(37)17-40-28)16-24(36)32-15-20-8-4-12-38-20/h1-3,5-7,9-11,13-14,20,28H,4,8,12,15-17H2,(H,32,36)/t20-,28-/m1/s1. The van der Waals surface area contributed by atoms with Crippen molar-refractivity contribution in [1.29, 1.82) is 0 Å². The number of amides is 2. The van der Waals surface area contributed by atoms with Crippen molar-refractivity contribution in [1.82, 2.24) is 15.1 Å². The molecule has 0 unspecified atom stereocenters. The van der Waals surface area contributed by atoms with Gasteiger partial charge in [-0.1, -0.05) is 53.5 Å². The third kappa shape index (κ3) is 5.53. The number of fused-ring (bicyclic) bond motifs is 1. The van der Waals surface area contributed by atoms with E-state index in [0.717, 1.165) is 34.5 Å². The van der Waals surface area contributed by atoms with Gasteiger partial charge in [0.05, 0.1) is 32.7 Å². The number of anilines is 1. The Balaban J connectivity index is 1.51. The third-order valence-electron chi connectivity index (χ3n) is 6.93. The van der Waals surface area contributed by atoms with E-state index < -0.39 is 0 Å². The molecule has 206 valence electrons. The fraction of sp³-hybridized carbons (Fsp3) is 0.276. The van der Waals surface area contributed by atoms with Gasteiger partial charge in [-0.3, -0.25) is 14.5 Å². The molecule has 1 saturated heterocycles. The minimum atomic E-state index is -0.259. The minimum absolute atomic E-state index is 0.00111. The average Bonchev–Trinajstić information content (AvgIpc) is 3.72. The molecule has 1 N–H and O–H groups in total. The summed E-state index contributed by atoms with van der Waals surface area (Å²) in [4.78, 5) is 29.5. The summed E-state index contributed by atoms with van der Waals surface area (Å²) in [6, 6.07) is 19.0. The summed E-state index contributed by atoms with van der Waals surface area (Å²) in [7, 11) is 0. The maximum atomic E-state index is 13.8. The van der Waals surface area contributed by atoms with Crippen molar-refractivity contribution in [2.24, 2.45) is 0 Å². The molecule has 2 atom stereocenters. The van der Waals surface area contributed by atoms with Gasteiger partial charge in [0.15, 0.2) is 0 Å². The lowest BCUT2D eigenvalue weighted by Crippen LogP contribution is -2.44. The second kappa shape index (κ2) is 12.0. The van der Waals surface area contributed by atoms with Crippen LogP contribution in [0.5, 0.6) is 0 Å². The summed E-state index contributed by atoms with van der Waals surface area (Å²) in [5.74, 6) is 0.264. The molecular formula is C29H26Cl2N4O3S2. The highest BCUT2D eigenvalue weighted by atomic mass is 35.5. The first kappa shape index (κ1) is 27.4. The molecular weight excluding hydrogens is 587 g/mol. The van der Waals surface area contributed by atoms with Crippen LogP contribution < -0.4 is 10.2 Å². The Hall–Kier alpha value is -2.82. The summed E-state index contributed by atoms with van der Waals surface area (Å²) < 4.78 is 7.37. The van der Waals surface area contributed by atoms with Gasteiger partial charge in [0, 0.05) is 23.7 Å². The van der Waals surface area contributed by atoms with Crippen molar-refractivity contribution in [3.8, 4) is 16.3 Å². The summed E-state index contributed by atoms with van der Waals surface area (Å²) in [6.07, 6.45) is 1.90. The van der Waals surface area contributed by atoms with Gasteiger partial charge in [-0.15, -0.1) is 23.1 Å². The molecule has 0 saturated carbocycles. The molecule has 40 heavy (non-hydrogen) atoms. The van der Waals surface area contributed by atoms with Crippen molar-refractivity contribution < 1.29 is 14.3 Å². The number of carbonyl (C=O) groups excluding carboxylic acids is 2. The number of hydrogen-bond acceptors (Lipinski definition) is 6.